The summed E-state index contributed by atoms with van der Waals surface area (Å²) < 4.78 is 0. The predicted octanol–water partition coefficient (Wildman–Crippen LogP) is 3.57. The number of amides is 1. The first-order valence-electron chi connectivity index (χ1n) is 7.50. The summed E-state index contributed by atoms with van der Waals surface area (Å²) in [5, 5.41) is 12.5. The highest BCUT2D eigenvalue weighted by atomic mass is 32.2. The molecule has 1 unspecified atom stereocenters. The van der Waals surface area contributed by atoms with Gasteiger partial charge in [-0.05, 0) is 26.3 Å². The SMILES string of the molecule is Cc1cccc(CSCC(=O)NC(C)c2nc(C)c(C(=O)O)s2)c1. The van der Waals surface area contributed by atoms with Gasteiger partial charge in [0.15, 0.2) is 0 Å². The summed E-state index contributed by atoms with van der Waals surface area (Å²) in [5.41, 5.74) is 2.89. The van der Waals surface area contributed by atoms with E-state index in [1.54, 1.807) is 18.7 Å². The molecule has 2 rings (SSSR count). The van der Waals surface area contributed by atoms with Crippen LogP contribution in [0.3, 0.4) is 0 Å². The first-order chi connectivity index (χ1) is 11.4. The van der Waals surface area contributed by atoms with Crippen molar-refractivity contribution in [2.24, 2.45) is 0 Å². The van der Waals surface area contributed by atoms with Gasteiger partial charge in [0.25, 0.3) is 0 Å². The molecule has 0 radical (unpaired) electrons. The van der Waals surface area contributed by atoms with E-state index in [9.17, 15) is 9.59 Å². The molecule has 0 fully saturated rings. The maximum atomic E-state index is 12.0. The van der Waals surface area contributed by atoms with E-state index < -0.39 is 5.97 Å². The van der Waals surface area contributed by atoms with E-state index in [1.807, 2.05) is 32.0 Å². The fourth-order valence-electron chi connectivity index (χ4n) is 2.21. The van der Waals surface area contributed by atoms with Crippen molar-refractivity contribution in [1.29, 1.82) is 0 Å². The van der Waals surface area contributed by atoms with Gasteiger partial charge >= 0.3 is 5.97 Å². The minimum Gasteiger partial charge on any atom is -0.477 e. The van der Waals surface area contributed by atoms with Crippen LogP contribution in [0.1, 0.15) is 44.5 Å². The van der Waals surface area contributed by atoms with Gasteiger partial charge in [-0.1, -0.05) is 29.8 Å². The monoisotopic (exact) mass is 364 g/mol. The van der Waals surface area contributed by atoms with Crippen molar-refractivity contribution >= 4 is 35.0 Å². The molecule has 0 saturated heterocycles. The number of carbonyl (C=O) groups excluding carboxylic acids is 1. The molecule has 1 atom stereocenters. The summed E-state index contributed by atoms with van der Waals surface area (Å²) in [5.74, 6) is 0.0746. The lowest BCUT2D eigenvalue weighted by Gasteiger charge is -2.11. The standard InChI is InChI=1S/C17H20N2O3S2/c1-10-5-4-6-13(7-10)8-23-9-14(20)18-12(3)16-19-11(2)15(24-16)17(21)22/h4-7,12H,8-9H2,1-3H3,(H,18,20)(H,21,22). The molecule has 1 aromatic carbocycles. The van der Waals surface area contributed by atoms with E-state index in [0.29, 0.717) is 16.5 Å². The molecule has 2 N–H and O–H groups in total. The third-order valence-corrected chi connectivity index (χ3v) is 5.67. The van der Waals surface area contributed by atoms with Crippen LogP contribution in [-0.2, 0) is 10.5 Å². The normalized spacial score (nSPS) is 12.0. The van der Waals surface area contributed by atoms with Crippen LogP contribution in [-0.4, -0.2) is 27.7 Å². The van der Waals surface area contributed by atoms with E-state index in [4.69, 9.17) is 5.11 Å². The maximum absolute atomic E-state index is 12.0. The maximum Gasteiger partial charge on any atom is 0.347 e. The van der Waals surface area contributed by atoms with Gasteiger partial charge in [-0.15, -0.1) is 23.1 Å². The Bertz CT molecular complexity index is 743. The van der Waals surface area contributed by atoms with Crippen molar-refractivity contribution in [3.8, 4) is 0 Å². The van der Waals surface area contributed by atoms with Crippen molar-refractivity contribution in [3.05, 3.63) is 51.0 Å². The summed E-state index contributed by atoms with van der Waals surface area (Å²) in [4.78, 5) is 27.6. The number of nitrogens with zero attached hydrogens (tertiary/aromatic N) is 1. The van der Waals surface area contributed by atoms with Crippen LogP contribution in [0.4, 0.5) is 0 Å². The molecule has 2 aromatic rings. The summed E-state index contributed by atoms with van der Waals surface area (Å²) in [6, 6.07) is 7.92. The third kappa shape index (κ3) is 5.07. The number of rotatable bonds is 7. The van der Waals surface area contributed by atoms with E-state index in [0.717, 1.165) is 17.1 Å². The van der Waals surface area contributed by atoms with Gasteiger partial charge in [0, 0.05) is 5.75 Å². The molecular formula is C17H20N2O3S2. The Morgan fingerprint density at radius 1 is 1.38 bits per heavy atom. The van der Waals surface area contributed by atoms with Crippen LogP contribution in [0, 0.1) is 13.8 Å². The minimum absolute atomic E-state index is 0.0788. The number of benzene rings is 1. The van der Waals surface area contributed by atoms with Crippen LogP contribution < -0.4 is 5.32 Å². The first-order valence-corrected chi connectivity index (χ1v) is 9.47. The van der Waals surface area contributed by atoms with Gasteiger partial charge < -0.3 is 10.4 Å². The van der Waals surface area contributed by atoms with Gasteiger partial charge in [-0.25, -0.2) is 9.78 Å². The average Bonchev–Trinajstić information content (AvgIpc) is 2.89. The zero-order chi connectivity index (χ0) is 17.7. The molecule has 0 aliphatic carbocycles. The molecule has 1 heterocycles. The molecule has 1 amide bonds. The van der Waals surface area contributed by atoms with Gasteiger partial charge in [0.05, 0.1) is 17.5 Å². The van der Waals surface area contributed by atoms with Crippen molar-refractivity contribution < 1.29 is 14.7 Å². The largest absolute Gasteiger partial charge is 0.477 e. The number of thioether (sulfide) groups is 1. The molecule has 5 nitrogen and oxygen atoms in total. The van der Waals surface area contributed by atoms with Crippen LogP contribution in [0.15, 0.2) is 24.3 Å². The summed E-state index contributed by atoms with van der Waals surface area (Å²) in [6.45, 7) is 5.52. The van der Waals surface area contributed by atoms with E-state index in [1.165, 1.54) is 11.1 Å². The Hall–Kier alpha value is -1.86. The minimum atomic E-state index is -0.983. The Morgan fingerprint density at radius 3 is 2.75 bits per heavy atom. The Morgan fingerprint density at radius 2 is 2.12 bits per heavy atom. The number of aryl methyl sites for hydroxylation is 2. The molecular weight excluding hydrogens is 344 g/mol. The van der Waals surface area contributed by atoms with E-state index >= 15 is 0 Å². The fraction of sp³-hybridized carbons (Fsp3) is 0.353. The lowest BCUT2D eigenvalue weighted by atomic mass is 10.2. The lowest BCUT2D eigenvalue weighted by molar-refractivity contribution is -0.119. The Kier molecular flexibility index (Phi) is 6.39. The number of hydrogen-bond donors (Lipinski definition) is 2. The molecule has 0 spiro atoms. The van der Waals surface area contributed by atoms with E-state index in [-0.39, 0.29) is 16.8 Å². The average molecular weight is 364 g/mol. The van der Waals surface area contributed by atoms with Crippen molar-refractivity contribution in [2.75, 3.05) is 5.75 Å². The summed E-state index contributed by atoms with van der Waals surface area (Å²) >= 11 is 2.66. The number of hydrogen-bond acceptors (Lipinski definition) is 5. The molecule has 1 aromatic heterocycles. The van der Waals surface area contributed by atoms with Crippen molar-refractivity contribution in [1.82, 2.24) is 10.3 Å². The first kappa shape index (κ1) is 18.5. The van der Waals surface area contributed by atoms with Crippen molar-refractivity contribution in [3.63, 3.8) is 0 Å². The summed E-state index contributed by atoms with van der Waals surface area (Å²) in [7, 11) is 0. The third-order valence-electron chi connectivity index (χ3n) is 3.34. The molecule has 128 valence electrons. The molecule has 7 heteroatoms. The molecule has 0 aliphatic rings. The second kappa shape index (κ2) is 8.30. The Labute approximate surface area is 149 Å². The number of carboxylic acids is 1. The topological polar surface area (TPSA) is 79.3 Å². The number of thiazole rings is 1. The number of aromatic carboxylic acids is 1. The number of aromatic nitrogens is 1. The molecule has 0 aliphatic heterocycles. The van der Waals surface area contributed by atoms with E-state index in [2.05, 4.69) is 16.4 Å². The zero-order valence-corrected chi connectivity index (χ0v) is 15.5. The Balaban J connectivity index is 1.83. The highest BCUT2D eigenvalue weighted by Gasteiger charge is 2.19. The van der Waals surface area contributed by atoms with Crippen LogP contribution in [0.25, 0.3) is 0 Å². The van der Waals surface area contributed by atoms with Gasteiger partial charge in [-0.2, -0.15) is 0 Å². The molecule has 24 heavy (non-hydrogen) atoms. The highest BCUT2D eigenvalue weighted by Crippen LogP contribution is 2.23. The second-order valence-corrected chi connectivity index (χ2v) is 7.56. The predicted molar refractivity (Wildman–Crippen MR) is 97.7 cm³/mol. The summed E-state index contributed by atoms with van der Waals surface area (Å²) in [6.07, 6.45) is 0. The quantitative estimate of drug-likeness (QED) is 0.785. The lowest BCUT2D eigenvalue weighted by Crippen LogP contribution is -2.28. The number of nitrogens with one attached hydrogen (secondary N) is 1. The molecule has 0 bridgehead atoms. The second-order valence-electron chi connectivity index (χ2n) is 5.54. The number of carbonyl (C=O) groups is 2. The van der Waals surface area contributed by atoms with Crippen molar-refractivity contribution in [2.45, 2.75) is 32.6 Å². The van der Waals surface area contributed by atoms with Gasteiger partial charge in [0.1, 0.15) is 9.88 Å². The number of carboxylic acid groups (broad SMARTS) is 1. The highest BCUT2D eigenvalue weighted by molar-refractivity contribution is 7.99. The van der Waals surface area contributed by atoms with Crippen LogP contribution in [0.2, 0.25) is 0 Å². The smallest absolute Gasteiger partial charge is 0.347 e. The zero-order valence-electron chi connectivity index (χ0n) is 13.8. The van der Waals surface area contributed by atoms with Crippen LogP contribution in [0.5, 0.6) is 0 Å². The van der Waals surface area contributed by atoms with Crippen LogP contribution >= 0.6 is 23.1 Å². The van der Waals surface area contributed by atoms with Gasteiger partial charge in [-0.3, -0.25) is 4.79 Å². The van der Waals surface area contributed by atoms with Gasteiger partial charge in [0.2, 0.25) is 5.91 Å². The molecule has 0 saturated carbocycles. The fourth-order valence-corrected chi connectivity index (χ4v) is 3.90.